The smallest absolute Gasteiger partial charge is 0.131 e. The van der Waals surface area contributed by atoms with E-state index in [1.807, 2.05) is 30.3 Å². The van der Waals surface area contributed by atoms with Crippen molar-refractivity contribution in [3.05, 3.63) is 64.7 Å². The van der Waals surface area contributed by atoms with E-state index in [4.69, 9.17) is 4.74 Å². The summed E-state index contributed by atoms with van der Waals surface area (Å²) in [5.74, 6) is 0.857. The van der Waals surface area contributed by atoms with E-state index < -0.39 is 0 Å². The van der Waals surface area contributed by atoms with Crippen LogP contribution in [0.5, 0.6) is 5.75 Å². The quantitative estimate of drug-likeness (QED) is 0.0943. The summed E-state index contributed by atoms with van der Waals surface area (Å²) in [4.78, 5) is 0. The molecule has 0 aromatic heterocycles. The van der Waals surface area contributed by atoms with Crippen LogP contribution in [0.3, 0.4) is 0 Å². The van der Waals surface area contributed by atoms with Gasteiger partial charge in [0.05, 0.1) is 7.11 Å². The topological polar surface area (TPSA) is 41.8 Å². The van der Waals surface area contributed by atoms with Crippen molar-refractivity contribution in [3.8, 4) is 5.75 Å². The highest BCUT2D eigenvalue weighted by molar-refractivity contribution is 6.14. The molecule has 0 spiro atoms. The molecule has 0 aliphatic rings. The molecule has 0 fully saturated rings. The first-order chi connectivity index (χ1) is 17.2. The molecule has 2 rings (SSSR count). The van der Waals surface area contributed by atoms with Crippen molar-refractivity contribution in [2.45, 2.75) is 117 Å². The van der Waals surface area contributed by atoms with Gasteiger partial charge >= 0.3 is 0 Å². The fourth-order valence-corrected chi connectivity index (χ4v) is 4.92. The zero-order chi connectivity index (χ0) is 25.1. The third-order valence-electron chi connectivity index (χ3n) is 6.95. The van der Waals surface area contributed by atoms with E-state index in [-0.39, 0.29) is 0 Å². The van der Waals surface area contributed by atoms with E-state index in [0.717, 1.165) is 29.7 Å². The third kappa shape index (κ3) is 10.5. The van der Waals surface area contributed by atoms with Gasteiger partial charge in [0, 0.05) is 11.1 Å². The number of unbranched alkanes of at least 4 members (excludes halogenated alkanes) is 12. The van der Waals surface area contributed by atoms with Crippen molar-refractivity contribution < 1.29 is 9.94 Å². The molecule has 1 N–H and O–H groups in total. The number of nitrogens with zero attached hydrogens (tertiary/aromatic N) is 1. The van der Waals surface area contributed by atoms with Gasteiger partial charge in [-0.2, -0.15) is 0 Å². The van der Waals surface area contributed by atoms with Crippen molar-refractivity contribution in [1.82, 2.24) is 0 Å². The van der Waals surface area contributed by atoms with Gasteiger partial charge in [0.25, 0.3) is 0 Å². The predicted octanol–water partition coefficient (Wildman–Crippen LogP) is 9.51. The second-order valence-electron chi connectivity index (χ2n) is 9.89. The molecule has 3 heteroatoms. The zero-order valence-corrected chi connectivity index (χ0v) is 22.7. The Morgan fingerprint density at radius 3 is 1.80 bits per heavy atom. The number of hydrogen-bond acceptors (Lipinski definition) is 3. The first-order valence-corrected chi connectivity index (χ1v) is 14.2. The lowest BCUT2D eigenvalue weighted by Crippen LogP contribution is -2.09. The van der Waals surface area contributed by atoms with Crippen LogP contribution in [0.25, 0.3) is 0 Å². The van der Waals surface area contributed by atoms with Crippen LogP contribution in [-0.2, 0) is 12.8 Å². The van der Waals surface area contributed by atoms with Crippen LogP contribution in [0.2, 0.25) is 0 Å². The van der Waals surface area contributed by atoms with Crippen molar-refractivity contribution in [2.75, 3.05) is 7.11 Å². The summed E-state index contributed by atoms with van der Waals surface area (Å²) in [5, 5.41) is 13.7. The molecule has 0 saturated carbocycles. The maximum Gasteiger partial charge on any atom is 0.131 e. The Labute approximate surface area is 215 Å². The van der Waals surface area contributed by atoms with Crippen molar-refractivity contribution in [1.29, 1.82) is 0 Å². The van der Waals surface area contributed by atoms with Crippen molar-refractivity contribution >= 4 is 5.71 Å². The van der Waals surface area contributed by atoms with E-state index in [9.17, 15) is 5.21 Å². The van der Waals surface area contributed by atoms with Crippen LogP contribution >= 0.6 is 0 Å². The summed E-state index contributed by atoms with van der Waals surface area (Å²) in [6.45, 7) is 4.54. The molecule has 2 aromatic carbocycles. The Morgan fingerprint density at radius 2 is 1.26 bits per heavy atom. The molecule has 35 heavy (non-hydrogen) atoms. The van der Waals surface area contributed by atoms with E-state index in [1.165, 1.54) is 101 Å². The molecule has 194 valence electrons. The van der Waals surface area contributed by atoms with Crippen LogP contribution in [0.15, 0.2) is 47.6 Å². The van der Waals surface area contributed by atoms with Gasteiger partial charge in [-0.05, 0) is 42.9 Å². The van der Waals surface area contributed by atoms with Gasteiger partial charge in [0.15, 0.2) is 0 Å². The van der Waals surface area contributed by atoms with Crippen LogP contribution in [0, 0.1) is 0 Å². The molecule has 0 radical (unpaired) electrons. The molecule has 0 aliphatic carbocycles. The molecule has 0 amide bonds. The fraction of sp³-hybridized carbons (Fsp3) is 0.594. The maximum absolute atomic E-state index is 10.0. The summed E-state index contributed by atoms with van der Waals surface area (Å²) in [6.07, 6.45) is 20.3. The Balaban J connectivity index is 2.16. The van der Waals surface area contributed by atoms with Crippen LogP contribution in [0.1, 0.15) is 126 Å². The van der Waals surface area contributed by atoms with Gasteiger partial charge in [-0.3, -0.25) is 0 Å². The third-order valence-corrected chi connectivity index (χ3v) is 6.95. The van der Waals surface area contributed by atoms with Gasteiger partial charge in [-0.1, -0.05) is 132 Å². The summed E-state index contributed by atoms with van der Waals surface area (Å²) in [5.41, 5.74) is 4.96. The molecular formula is C32H49NO2. The average Bonchev–Trinajstić information content (AvgIpc) is 2.88. The zero-order valence-electron chi connectivity index (χ0n) is 22.7. The summed E-state index contributed by atoms with van der Waals surface area (Å²) in [6, 6.07) is 14.5. The summed E-state index contributed by atoms with van der Waals surface area (Å²) < 4.78 is 5.93. The summed E-state index contributed by atoms with van der Waals surface area (Å²) in [7, 11) is 1.74. The first-order valence-electron chi connectivity index (χ1n) is 14.2. The van der Waals surface area contributed by atoms with Gasteiger partial charge in [-0.15, -0.1) is 0 Å². The monoisotopic (exact) mass is 479 g/mol. The molecule has 0 saturated heterocycles. The van der Waals surface area contributed by atoms with Crippen LogP contribution in [0.4, 0.5) is 0 Å². The number of oxime groups is 1. The number of hydrogen-bond donors (Lipinski definition) is 1. The number of aryl methyl sites for hydroxylation is 2. The predicted molar refractivity (Wildman–Crippen MR) is 150 cm³/mol. The fourth-order valence-electron chi connectivity index (χ4n) is 4.92. The highest BCUT2D eigenvalue weighted by Crippen LogP contribution is 2.31. The second-order valence-corrected chi connectivity index (χ2v) is 9.89. The lowest BCUT2D eigenvalue weighted by molar-refractivity contribution is 0.319. The molecule has 0 bridgehead atoms. The van der Waals surface area contributed by atoms with Crippen molar-refractivity contribution in [3.63, 3.8) is 0 Å². The van der Waals surface area contributed by atoms with E-state index >= 15 is 0 Å². The molecule has 0 aliphatic heterocycles. The number of benzene rings is 2. The number of ether oxygens (including phenoxy) is 1. The molecule has 0 unspecified atom stereocenters. The normalized spacial score (nSPS) is 11.7. The lowest BCUT2D eigenvalue weighted by atomic mass is 9.92. The Bertz CT molecular complexity index is 844. The van der Waals surface area contributed by atoms with Crippen LogP contribution in [-0.4, -0.2) is 18.0 Å². The largest absolute Gasteiger partial charge is 0.496 e. The van der Waals surface area contributed by atoms with Crippen molar-refractivity contribution in [2.24, 2.45) is 5.16 Å². The van der Waals surface area contributed by atoms with Gasteiger partial charge in [0.2, 0.25) is 0 Å². The van der Waals surface area contributed by atoms with Gasteiger partial charge in [0.1, 0.15) is 11.5 Å². The SMILES string of the molecule is CCCCCCCCCc1cc(CCCCCCCCC)c(OC)c(C(=NO)c2ccccc2)c1. The minimum atomic E-state index is 0.588. The molecular weight excluding hydrogens is 430 g/mol. The Hall–Kier alpha value is -2.29. The first kappa shape index (κ1) is 28.9. The van der Waals surface area contributed by atoms with E-state index in [1.54, 1.807) is 7.11 Å². The second kappa shape index (κ2) is 18.0. The van der Waals surface area contributed by atoms with Gasteiger partial charge in [-0.25, -0.2) is 0 Å². The van der Waals surface area contributed by atoms with E-state index in [0.29, 0.717) is 5.71 Å². The number of rotatable bonds is 19. The minimum Gasteiger partial charge on any atom is -0.496 e. The lowest BCUT2D eigenvalue weighted by Gasteiger charge is -2.17. The molecule has 0 heterocycles. The van der Waals surface area contributed by atoms with Crippen LogP contribution < -0.4 is 4.74 Å². The Kier molecular flexibility index (Phi) is 14.9. The molecule has 3 nitrogen and oxygen atoms in total. The molecule has 2 aromatic rings. The summed E-state index contributed by atoms with van der Waals surface area (Å²) >= 11 is 0. The number of methoxy groups -OCH3 is 1. The molecule has 0 atom stereocenters. The average molecular weight is 480 g/mol. The Morgan fingerprint density at radius 1 is 0.714 bits per heavy atom. The minimum absolute atomic E-state index is 0.588. The van der Waals surface area contributed by atoms with Gasteiger partial charge < -0.3 is 9.94 Å². The highest BCUT2D eigenvalue weighted by Gasteiger charge is 2.18. The maximum atomic E-state index is 10.0. The van der Waals surface area contributed by atoms with E-state index in [2.05, 4.69) is 31.1 Å². The standard InChI is InChI=1S/C32H49NO2/c1-4-6-8-10-12-14-17-21-27-25-29(24-18-15-13-11-9-7-5-2)32(35-3)30(26-27)31(33-34)28-22-19-16-20-23-28/h16,19-20,22-23,25-26,34H,4-15,17-18,21,24H2,1-3H3. The highest BCUT2D eigenvalue weighted by atomic mass is 16.5.